The maximum Gasteiger partial charge on any atom is 0.267 e. The molecule has 0 saturated heterocycles. The van der Waals surface area contributed by atoms with Gasteiger partial charge in [0.05, 0.1) is 17.9 Å². The minimum absolute atomic E-state index is 0.278. The van der Waals surface area contributed by atoms with Crippen LogP contribution >= 0.6 is 0 Å². The van der Waals surface area contributed by atoms with E-state index in [0.29, 0.717) is 12.8 Å². The number of allylic oxidation sites excluding steroid dienone is 3. The summed E-state index contributed by atoms with van der Waals surface area (Å²) in [7, 11) is -4.45. The summed E-state index contributed by atoms with van der Waals surface area (Å²) in [5, 5.41) is 23.3. The molecule has 3 unspecified atom stereocenters. The normalized spacial score (nSPS) is 14.2. The van der Waals surface area contributed by atoms with Crippen LogP contribution in [0, 0.1) is 0 Å². The standard InChI is InChI=1S/C40H77NO6S/c1-3-5-7-9-11-13-15-17-19-21-22-24-26-28-30-32-34-38(42)37(36-48(45,46)47)41-40(44)39(43)35-33-31-29-27-25-23-20-18-16-14-12-10-8-6-4-2/h24,26,32,34,37-39,42-43H,3-23,25,27-31,33,35-36H2,1-2H3,(H,41,44)(H,45,46,47)/b26-24+,34-32+. The highest BCUT2D eigenvalue weighted by Crippen LogP contribution is 2.15. The zero-order valence-corrected chi connectivity index (χ0v) is 32.0. The Morgan fingerprint density at radius 3 is 1.38 bits per heavy atom. The first-order chi connectivity index (χ1) is 23.2. The van der Waals surface area contributed by atoms with Crippen molar-refractivity contribution in [2.45, 2.75) is 218 Å². The molecule has 0 rings (SSSR count). The van der Waals surface area contributed by atoms with Crippen molar-refractivity contribution in [2.75, 3.05) is 5.75 Å². The van der Waals surface area contributed by atoms with Crippen LogP contribution in [0.3, 0.4) is 0 Å². The third-order valence-corrected chi connectivity index (χ3v) is 10.0. The van der Waals surface area contributed by atoms with Gasteiger partial charge in [-0.15, -0.1) is 0 Å². The number of carbonyl (C=O) groups is 1. The number of unbranched alkanes of at least 4 members (excludes halogenated alkanes) is 25. The Hall–Kier alpha value is -1.22. The lowest BCUT2D eigenvalue weighted by molar-refractivity contribution is -0.130. The number of hydrogen-bond acceptors (Lipinski definition) is 5. The zero-order chi connectivity index (χ0) is 35.6. The molecule has 7 nitrogen and oxygen atoms in total. The van der Waals surface area contributed by atoms with Crippen molar-refractivity contribution in [3.63, 3.8) is 0 Å². The molecule has 0 aliphatic carbocycles. The Morgan fingerprint density at radius 2 is 0.938 bits per heavy atom. The topological polar surface area (TPSA) is 124 Å². The Balaban J connectivity index is 4.09. The van der Waals surface area contributed by atoms with Gasteiger partial charge in [0, 0.05) is 0 Å². The van der Waals surface area contributed by atoms with Crippen LogP contribution in [0.15, 0.2) is 24.3 Å². The number of aliphatic hydroxyl groups excluding tert-OH is 2. The Labute approximate surface area is 297 Å². The van der Waals surface area contributed by atoms with Gasteiger partial charge >= 0.3 is 0 Å². The van der Waals surface area contributed by atoms with Crippen LogP contribution in [0.25, 0.3) is 0 Å². The van der Waals surface area contributed by atoms with E-state index in [1.54, 1.807) is 6.08 Å². The van der Waals surface area contributed by atoms with Gasteiger partial charge < -0.3 is 15.5 Å². The maximum absolute atomic E-state index is 12.6. The highest BCUT2D eigenvalue weighted by atomic mass is 32.2. The van der Waals surface area contributed by atoms with E-state index in [0.717, 1.165) is 32.1 Å². The molecule has 0 aliphatic heterocycles. The molecule has 8 heteroatoms. The summed E-state index contributed by atoms with van der Waals surface area (Å²) in [6.07, 6.45) is 39.5. The number of hydrogen-bond donors (Lipinski definition) is 4. The summed E-state index contributed by atoms with van der Waals surface area (Å²) in [6, 6.07) is -1.24. The Morgan fingerprint density at radius 1 is 0.562 bits per heavy atom. The van der Waals surface area contributed by atoms with Crippen LogP contribution in [0.5, 0.6) is 0 Å². The summed E-state index contributed by atoms with van der Waals surface area (Å²) in [5.41, 5.74) is 0. The fourth-order valence-electron chi connectivity index (χ4n) is 6.12. The quantitative estimate of drug-likeness (QED) is 0.0293. The molecule has 0 spiro atoms. The minimum Gasteiger partial charge on any atom is -0.387 e. The largest absolute Gasteiger partial charge is 0.387 e. The van der Waals surface area contributed by atoms with Crippen molar-refractivity contribution >= 4 is 16.0 Å². The number of nitrogens with one attached hydrogen (secondary N) is 1. The molecular weight excluding hydrogens is 623 g/mol. The summed E-state index contributed by atoms with van der Waals surface area (Å²) < 4.78 is 32.5. The molecule has 0 aromatic carbocycles. The van der Waals surface area contributed by atoms with Crippen molar-refractivity contribution in [3.05, 3.63) is 24.3 Å². The third-order valence-electron chi connectivity index (χ3n) is 9.24. The smallest absolute Gasteiger partial charge is 0.267 e. The average molecular weight is 700 g/mol. The molecule has 0 radical (unpaired) electrons. The van der Waals surface area contributed by atoms with Crippen molar-refractivity contribution in [2.24, 2.45) is 0 Å². The van der Waals surface area contributed by atoms with Crippen molar-refractivity contribution in [1.29, 1.82) is 0 Å². The van der Waals surface area contributed by atoms with E-state index in [2.05, 4.69) is 31.3 Å². The first kappa shape index (κ1) is 46.8. The Kier molecular flexibility index (Phi) is 33.4. The molecule has 0 fully saturated rings. The molecule has 284 valence electrons. The maximum atomic E-state index is 12.6. The molecule has 0 aromatic heterocycles. The second-order valence-corrected chi connectivity index (χ2v) is 15.6. The average Bonchev–Trinajstić information content (AvgIpc) is 3.05. The summed E-state index contributed by atoms with van der Waals surface area (Å²) in [5.74, 6) is -1.55. The van der Waals surface area contributed by atoms with E-state index < -0.39 is 40.0 Å². The van der Waals surface area contributed by atoms with Gasteiger partial charge in [0.15, 0.2) is 0 Å². The minimum atomic E-state index is -4.45. The van der Waals surface area contributed by atoms with E-state index in [1.807, 2.05) is 0 Å². The van der Waals surface area contributed by atoms with Gasteiger partial charge in [-0.05, 0) is 32.1 Å². The van der Waals surface area contributed by atoms with Gasteiger partial charge in [-0.2, -0.15) is 8.42 Å². The Bertz CT molecular complexity index is 875. The summed E-state index contributed by atoms with van der Waals surface area (Å²) >= 11 is 0. The van der Waals surface area contributed by atoms with Gasteiger partial charge in [-0.3, -0.25) is 9.35 Å². The first-order valence-corrected chi connectivity index (χ1v) is 21.8. The van der Waals surface area contributed by atoms with Crippen molar-refractivity contribution < 1.29 is 28.0 Å². The van der Waals surface area contributed by atoms with Crippen LogP contribution < -0.4 is 5.32 Å². The molecule has 48 heavy (non-hydrogen) atoms. The second kappa shape index (κ2) is 34.2. The lowest BCUT2D eigenvalue weighted by atomic mass is 10.0. The van der Waals surface area contributed by atoms with E-state index in [1.165, 1.54) is 141 Å². The SMILES string of the molecule is CCCCCCCCCCCC/C=C/CC/C=C/C(O)C(CS(=O)(=O)O)NC(=O)C(O)CCCCCCCCCCCCCCCCC. The highest BCUT2D eigenvalue weighted by Gasteiger charge is 2.27. The zero-order valence-electron chi connectivity index (χ0n) is 31.2. The first-order valence-electron chi connectivity index (χ1n) is 20.1. The van der Waals surface area contributed by atoms with E-state index in [4.69, 9.17) is 0 Å². The number of aliphatic hydroxyl groups is 2. The van der Waals surface area contributed by atoms with Crippen LogP contribution in [0.1, 0.15) is 200 Å². The molecule has 0 heterocycles. The van der Waals surface area contributed by atoms with Crippen LogP contribution in [0.2, 0.25) is 0 Å². The lowest BCUT2D eigenvalue weighted by Gasteiger charge is -2.22. The van der Waals surface area contributed by atoms with Gasteiger partial charge in [-0.25, -0.2) is 0 Å². The van der Waals surface area contributed by atoms with Crippen molar-refractivity contribution in [3.8, 4) is 0 Å². The van der Waals surface area contributed by atoms with Crippen LogP contribution in [-0.2, 0) is 14.9 Å². The third kappa shape index (κ3) is 33.3. The van der Waals surface area contributed by atoms with Crippen molar-refractivity contribution in [1.82, 2.24) is 5.32 Å². The van der Waals surface area contributed by atoms with Gasteiger partial charge in [0.1, 0.15) is 6.10 Å². The molecular formula is C40H77NO6S. The number of carbonyl (C=O) groups excluding carboxylic acids is 1. The fraction of sp³-hybridized carbons (Fsp3) is 0.875. The molecule has 1 amide bonds. The van der Waals surface area contributed by atoms with E-state index >= 15 is 0 Å². The van der Waals surface area contributed by atoms with E-state index in [-0.39, 0.29) is 6.42 Å². The van der Waals surface area contributed by atoms with Gasteiger partial charge in [-0.1, -0.05) is 192 Å². The molecule has 0 bridgehead atoms. The summed E-state index contributed by atoms with van der Waals surface area (Å²) in [6.45, 7) is 4.50. The van der Waals surface area contributed by atoms with Gasteiger partial charge in [0.25, 0.3) is 10.1 Å². The monoisotopic (exact) mass is 700 g/mol. The predicted octanol–water partition coefficient (Wildman–Crippen LogP) is 10.5. The second-order valence-electron chi connectivity index (χ2n) is 14.1. The number of amides is 1. The molecule has 0 saturated carbocycles. The molecule has 4 N–H and O–H groups in total. The molecule has 3 atom stereocenters. The van der Waals surface area contributed by atoms with Crippen LogP contribution in [0.4, 0.5) is 0 Å². The molecule has 0 aliphatic rings. The fourth-order valence-corrected chi connectivity index (χ4v) is 6.85. The van der Waals surface area contributed by atoms with Crippen LogP contribution in [-0.4, -0.2) is 53.1 Å². The predicted molar refractivity (Wildman–Crippen MR) is 204 cm³/mol. The lowest BCUT2D eigenvalue weighted by Crippen LogP contribution is -2.50. The number of rotatable bonds is 36. The molecule has 0 aromatic rings. The van der Waals surface area contributed by atoms with Gasteiger partial charge in [0.2, 0.25) is 5.91 Å². The van der Waals surface area contributed by atoms with E-state index in [9.17, 15) is 28.0 Å². The summed E-state index contributed by atoms with van der Waals surface area (Å²) in [4.78, 5) is 12.6. The highest BCUT2D eigenvalue weighted by molar-refractivity contribution is 7.85.